The number of nitrogen functional groups attached to an aromatic ring is 1. The second kappa shape index (κ2) is 5.69. The highest BCUT2D eigenvalue weighted by molar-refractivity contribution is 7.07. The van der Waals surface area contributed by atoms with E-state index in [4.69, 9.17) is 10.5 Å². The molecule has 0 aliphatic heterocycles. The number of hydrogen-bond donors (Lipinski definition) is 1. The predicted octanol–water partition coefficient (Wildman–Crippen LogP) is 3.15. The highest BCUT2D eigenvalue weighted by atomic mass is 32.1. The fourth-order valence-corrected chi connectivity index (χ4v) is 2.45. The lowest BCUT2D eigenvalue weighted by atomic mass is 10.0. The van der Waals surface area contributed by atoms with Crippen molar-refractivity contribution in [3.05, 3.63) is 46.2 Å². The fraction of sp³-hybridized carbons (Fsp3) is 0.214. The van der Waals surface area contributed by atoms with E-state index in [2.05, 4.69) is 5.38 Å². The molecule has 2 aromatic rings. The predicted molar refractivity (Wildman–Crippen MR) is 74.4 cm³/mol. The first-order valence-corrected chi connectivity index (χ1v) is 6.63. The standard InChI is InChI=1S/C14H15NO2S/c1-17-11-3-4-12(13(15)8-11)14(16)5-2-10-6-7-18-9-10/h3-4,6-9H,2,5,15H2,1H3. The maximum absolute atomic E-state index is 12.0. The summed E-state index contributed by atoms with van der Waals surface area (Å²) < 4.78 is 5.06. The summed E-state index contributed by atoms with van der Waals surface area (Å²) in [5, 5.41) is 4.08. The van der Waals surface area contributed by atoms with E-state index in [1.807, 2.05) is 11.4 Å². The van der Waals surface area contributed by atoms with Gasteiger partial charge in [-0.05, 0) is 40.9 Å². The van der Waals surface area contributed by atoms with Crippen LogP contribution in [-0.4, -0.2) is 12.9 Å². The van der Waals surface area contributed by atoms with Crippen molar-refractivity contribution in [2.75, 3.05) is 12.8 Å². The number of nitrogens with two attached hydrogens (primary N) is 1. The van der Waals surface area contributed by atoms with Gasteiger partial charge in [0.05, 0.1) is 7.11 Å². The van der Waals surface area contributed by atoms with Gasteiger partial charge in [0.1, 0.15) is 5.75 Å². The van der Waals surface area contributed by atoms with Gasteiger partial charge in [-0.1, -0.05) is 0 Å². The van der Waals surface area contributed by atoms with Crippen LogP contribution in [0.4, 0.5) is 5.69 Å². The van der Waals surface area contributed by atoms with E-state index in [0.29, 0.717) is 23.4 Å². The number of carbonyl (C=O) groups excluding carboxylic acids is 1. The molecule has 1 aromatic heterocycles. The Labute approximate surface area is 110 Å². The number of methoxy groups -OCH3 is 1. The highest BCUT2D eigenvalue weighted by Crippen LogP contribution is 2.21. The number of anilines is 1. The summed E-state index contributed by atoms with van der Waals surface area (Å²) in [6.45, 7) is 0. The first-order chi connectivity index (χ1) is 8.70. The maximum atomic E-state index is 12.0. The van der Waals surface area contributed by atoms with Crippen molar-refractivity contribution in [1.29, 1.82) is 0 Å². The molecule has 0 saturated heterocycles. The zero-order chi connectivity index (χ0) is 13.0. The molecule has 1 heterocycles. The molecule has 0 aliphatic rings. The van der Waals surface area contributed by atoms with E-state index < -0.39 is 0 Å². The third-order valence-electron chi connectivity index (χ3n) is 2.78. The summed E-state index contributed by atoms with van der Waals surface area (Å²) >= 11 is 1.64. The zero-order valence-corrected chi connectivity index (χ0v) is 11.0. The molecular weight excluding hydrogens is 246 g/mol. The summed E-state index contributed by atoms with van der Waals surface area (Å²) in [6.07, 6.45) is 1.24. The summed E-state index contributed by atoms with van der Waals surface area (Å²) in [7, 11) is 1.58. The van der Waals surface area contributed by atoms with Gasteiger partial charge in [0.25, 0.3) is 0 Å². The average molecular weight is 261 g/mol. The van der Waals surface area contributed by atoms with Crippen LogP contribution in [0.1, 0.15) is 22.3 Å². The van der Waals surface area contributed by atoms with E-state index >= 15 is 0 Å². The number of rotatable bonds is 5. The van der Waals surface area contributed by atoms with Crippen LogP contribution < -0.4 is 10.5 Å². The van der Waals surface area contributed by atoms with Crippen LogP contribution in [-0.2, 0) is 6.42 Å². The number of aryl methyl sites for hydroxylation is 1. The second-order valence-electron chi connectivity index (χ2n) is 4.01. The molecule has 0 bridgehead atoms. The van der Waals surface area contributed by atoms with Gasteiger partial charge >= 0.3 is 0 Å². The Kier molecular flexibility index (Phi) is 3.99. The SMILES string of the molecule is COc1ccc(C(=O)CCc2ccsc2)c(N)c1. The van der Waals surface area contributed by atoms with Gasteiger partial charge in [0.15, 0.2) is 5.78 Å². The third kappa shape index (κ3) is 2.90. The molecule has 0 atom stereocenters. The summed E-state index contributed by atoms with van der Waals surface area (Å²) in [5.41, 5.74) is 8.09. The third-order valence-corrected chi connectivity index (χ3v) is 3.51. The molecule has 2 N–H and O–H groups in total. The van der Waals surface area contributed by atoms with Crippen molar-refractivity contribution in [2.24, 2.45) is 0 Å². The van der Waals surface area contributed by atoms with Gasteiger partial charge in [-0.3, -0.25) is 4.79 Å². The Bertz CT molecular complexity index is 535. The lowest BCUT2D eigenvalue weighted by Gasteiger charge is -2.06. The molecule has 18 heavy (non-hydrogen) atoms. The normalized spacial score (nSPS) is 10.3. The van der Waals surface area contributed by atoms with Gasteiger partial charge in [-0.2, -0.15) is 11.3 Å². The van der Waals surface area contributed by atoms with Crippen molar-refractivity contribution in [3.8, 4) is 5.75 Å². The second-order valence-corrected chi connectivity index (χ2v) is 4.79. The lowest BCUT2D eigenvalue weighted by molar-refractivity contribution is 0.0983. The minimum Gasteiger partial charge on any atom is -0.497 e. The van der Waals surface area contributed by atoms with E-state index in [1.165, 1.54) is 5.56 Å². The minimum atomic E-state index is 0.0707. The van der Waals surface area contributed by atoms with Crippen LogP contribution in [0.3, 0.4) is 0 Å². The van der Waals surface area contributed by atoms with Crippen LogP contribution in [0.25, 0.3) is 0 Å². The molecular formula is C14H15NO2S. The molecule has 4 heteroatoms. The van der Waals surface area contributed by atoms with Crippen molar-refractivity contribution < 1.29 is 9.53 Å². The van der Waals surface area contributed by atoms with Gasteiger partial charge in [0, 0.05) is 23.7 Å². The number of ketones is 1. The lowest BCUT2D eigenvalue weighted by Crippen LogP contribution is -2.05. The summed E-state index contributed by atoms with van der Waals surface area (Å²) in [5.74, 6) is 0.739. The van der Waals surface area contributed by atoms with E-state index in [1.54, 1.807) is 36.6 Å². The zero-order valence-electron chi connectivity index (χ0n) is 10.2. The largest absolute Gasteiger partial charge is 0.497 e. The van der Waals surface area contributed by atoms with Gasteiger partial charge < -0.3 is 10.5 Å². The van der Waals surface area contributed by atoms with Gasteiger partial charge in [-0.15, -0.1) is 0 Å². The summed E-state index contributed by atoms with van der Waals surface area (Å²) in [4.78, 5) is 12.0. The van der Waals surface area contributed by atoms with E-state index in [9.17, 15) is 4.79 Å². The molecule has 0 aliphatic carbocycles. The Morgan fingerprint density at radius 2 is 2.22 bits per heavy atom. The van der Waals surface area contributed by atoms with Crippen LogP contribution >= 0.6 is 11.3 Å². The van der Waals surface area contributed by atoms with Crippen molar-refractivity contribution >= 4 is 22.8 Å². The number of hydrogen-bond acceptors (Lipinski definition) is 4. The fourth-order valence-electron chi connectivity index (χ4n) is 1.75. The number of carbonyl (C=O) groups is 1. The van der Waals surface area contributed by atoms with E-state index in [-0.39, 0.29) is 5.78 Å². The Hall–Kier alpha value is -1.81. The smallest absolute Gasteiger partial charge is 0.165 e. The van der Waals surface area contributed by atoms with Gasteiger partial charge in [0.2, 0.25) is 0 Å². The molecule has 0 amide bonds. The number of ether oxygens (including phenoxy) is 1. The monoisotopic (exact) mass is 261 g/mol. The molecule has 94 valence electrons. The molecule has 0 radical (unpaired) electrons. The Morgan fingerprint density at radius 3 is 2.83 bits per heavy atom. The number of Topliss-reactive ketones (excluding diaryl/α,β-unsaturated/α-hetero) is 1. The maximum Gasteiger partial charge on any atom is 0.165 e. The average Bonchev–Trinajstić information content (AvgIpc) is 2.88. The van der Waals surface area contributed by atoms with Gasteiger partial charge in [-0.25, -0.2) is 0 Å². The first kappa shape index (κ1) is 12.6. The minimum absolute atomic E-state index is 0.0707. The quantitative estimate of drug-likeness (QED) is 0.664. The van der Waals surface area contributed by atoms with Crippen LogP contribution in [0.5, 0.6) is 5.75 Å². The van der Waals surface area contributed by atoms with Crippen molar-refractivity contribution in [2.45, 2.75) is 12.8 Å². The number of benzene rings is 1. The van der Waals surface area contributed by atoms with Crippen LogP contribution in [0.15, 0.2) is 35.0 Å². The molecule has 0 fully saturated rings. The molecule has 0 unspecified atom stereocenters. The highest BCUT2D eigenvalue weighted by Gasteiger charge is 2.10. The molecule has 1 aromatic carbocycles. The van der Waals surface area contributed by atoms with Crippen molar-refractivity contribution in [3.63, 3.8) is 0 Å². The van der Waals surface area contributed by atoms with Crippen LogP contribution in [0.2, 0.25) is 0 Å². The van der Waals surface area contributed by atoms with Crippen molar-refractivity contribution in [1.82, 2.24) is 0 Å². The number of thiophene rings is 1. The molecule has 0 saturated carbocycles. The molecule has 3 nitrogen and oxygen atoms in total. The first-order valence-electron chi connectivity index (χ1n) is 5.68. The van der Waals surface area contributed by atoms with Crippen LogP contribution in [0, 0.1) is 0 Å². The molecule has 2 rings (SSSR count). The Balaban J connectivity index is 2.04. The van der Waals surface area contributed by atoms with E-state index in [0.717, 1.165) is 6.42 Å². The molecule has 0 spiro atoms. The topological polar surface area (TPSA) is 52.3 Å². The summed E-state index contributed by atoms with van der Waals surface area (Å²) in [6, 6.07) is 7.20. The Morgan fingerprint density at radius 1 is 1.39 bits per heavy atom.